The lowest BCUT2D eigenvalue weighted by Gasteiger charge is -2.24. The Morgan fingerprint density at radius 2 is 1.89 bits per heavy atom. The van der Waals surface area contributed by atoms with E-state index in [0.29, 0.717) is 18.3 Å². The van der Waals surface area contributed by atoms with Gasteiger partial charge in [0.1, 0.15) is 0 Å². The van der Waals surface area contributed by atoms with E-state index in [1.54, 1.807) is 12.3 Å². The van der Waals surface area contributed by atoms with Crippen molar-refractivity contribution in [3.8, 4) is 11.1 Å². The van der Waals surface area contributed by atoms with Crippen LogP contribution in [0.4, 0.5) is 5.82 Å². The van der Waals surface area contributed by atoms with Gasteiger partial charge in [-0.3, -0.25) is 24.6 Å². The smallest absolute Gasteiger partial charge is 0.244 e. The predicted octanol–water partition coefficient (Wildman–Crippen LogP) is 3.60. The number of aromatic nitrogens is 3. The maximum Gasteiger partial charge on any atom is 0.244 e. The van der Waals surface area contributed by atoms with Crippen LogP contribution in [0.2, 0.25) is 0 Å². The SMILES string of the molecule is CC(C(=O)Nc1cc(C2CC2)[nH]n1)c1ccc(-c2ccc(CNC(=O)/C=C/CN3CCOCC3)nc2)cc1. The highest BCUT2D eigenvalue weighted by Gasteiger charge is 2.26. The molecule has 0 spiro atoms. The summed E-state index contributed by atoms with van der Waals surface area (Å²) in [5.74, 6) is 0.612. The number of nitrogens with one attached hydrogen (secondary N) is 3. The maximum atomic E-state index is 12.7. The van der Waals surface area contributed by atoms with Crippen LogP contribution in [-0.2, 0) is 20.9 Å². The van der Waals surface area contributed by atoms with E-state index in [-0.39, 0.29) is 17.7 Å². The Balaban J connectivity index is 1.09. The van der Waals surface area contributed by atoms with Gasteiger partial charge in [-0.1, -0.05) is 36.4 Å². The monoisotopic (exact) mass is 514 g/mol. The fourth-order valence-corrected chi connectivity index (χ4v) is 4.38. The summed E-state index contributed by atoms with van der Waals surface area (Å²) >= 11 is 0. The van der Waals surface area contributed by atoms with Gasteiger partial charge in [-0.25, -0.2) is 0 Å². The molecule has 1 atom stereocenters. The van der Waals surface area contributed by atoms with E-state index in [4.69, 9.17) is 4.74 Å². The predicted molar refractivity (Wildman–Crippen MR) is 146 cm³/mol. The first kappa shape index (κ1) is 25.8. The molecule has 9 heteroatoms. The van der Waals surface area contributed by atoms with E-state index in [0.717, 1.165) is 60.9 Å². The highest BCUT2D eigenvalue weighted by molar-refractivity contribution is 5.95. The van der Waals surface area contributed by atoms with Crippen molar-refractivity contribution >= 4 is 17.6 Å². The van der Waals surface area contributed by atoms with Gasteiger partial charge < -0.3 is 15.4 Å². The molecule has 1 saturated carbocycles. The topological polar surface area (TPSA) is 112 Å². The van der Waals surface area contributed by atoms with Crippen LogP contribution in [-0.4, -0.2) is 64.7 Å². The Labute approximate surface area is 222 Å². The lowest BCUT2D eigenvalue weighted by Crippen LogP contribution is -2.36. The molecule has 2 fully saturated rings. The number of hydrogen-bond donors (Lipinski definition) is 3. The number of morpholine rings is 1. The second-order valence-corrected chi connectivity index (χ2v) is 9.89. The van der Waals surface area contributed by atoms with Gasteiger partial charge in [0.2, 0.25) is 11.8 Å². The van der Waals surface area contributed by atoms with Gasteiger partial charge in [0.05, 0.1) is 31.4 Å². The van der Waals surface area contributed by atoms with Crippen molar-refractivity contribution in [1.82, 2.24) is 25.4 Å². The van der Waals surface area contributed by atoms with Gasteiger partial charge >= 0.3 is 0 Å². The molecule has 5 rings (SSSR count). The number of amides is 2. The molecule has 2 amide bonds. The van der Waals surface area contributed by atoms with Crippen molar-refractivity contribution < 1.29 is 14.3 Å². The number of nitrogens with zero attached hydrogens (tertiary/aromatic N) is 3. The van der Waals surface area contributed by atoms with Gasteiger partial charge in [0, 0.05) is 55.1 Å². The number of anilines is 1. The quantitative estimate of drug-likeness (QED) is 0.357. The Kier molecular flexibility index (Phi) is 8.25. The number of rotatable bonds is 10. The van der Waals surface area contributed by atoms with Crippen LogP contribution in [0.25, 0.3) is 11.1 Å². The van der Waals surface area contributed by atoms with Gasteiger partial charge in [-0.15, -0.1) is 0 Å². The van der Waals surface area contributed by atoms with Crippen molar-refractivity contribution in [2.75, 3.05) is 38.2 Å². The minimum Gasteiger partial charge on any atom is -0.379 e. The molecule has 38 heavy (non-hydrogen) atoms. The van der Waals surface area contributed by atoms with Crippen LogP contribution in [0.5, 0.6) is 0 Å². The summed E-state index contributed by atoms with van der Waals surface area (Å²) in [6, 6.07) is 13.8. The number of carbonyl (C=O) groups is 2. The van der Waals surface area contributed by atoms with Crippen LogP contribution in [0.15, 0.2) is 60.8 Å². The first-order chi connectivity index (χ1) is 18.5. The summed E-state index contributed by atoms with van der Waals surface area (Å²) in [6.45, 7) is 6.28. The summed E-state index contributed by atoms with van der Waals surface area (Å²) < 4.78 is 5.33. The number of benzene rings is 1. The fraction of sp³-hybridized carbons (Fsp3) is 0.379. The van der Waals surface area contributed by atoms with E-state index >= 15 is 0 Å². The average Bonchev–Trinajstić information content (AvgIpc) is 3.71. The minimum atomic E-state index is -0.308. The van der Waals surface area contributed by atoms with Gasteiger partial charge in [0.25, 0.3) is 0 Å². The zero-order valence-electron chi connectivity index (χ0n) is 21.7. The van der Waals surface area contributed by atoms with Crippen LogP contribution in [0, 0.1) is 0 Å². The average molecular weight is 515 g/mol. The van der Waals surface area contributed by atoms with Crippen LogP contribution < -0.4 is 10.6 Å². The summed E-state index contributed by atoms with van der Waals surface area (Å²) in [5, 5.41) is 13.0. The lowest BCUT2D eigenvalue weighted by atomic mass is 9.97. The number of H-pyrrole nitrogens is 1. The molecule has 0 radical (unpaired) electrons. The fourth-order valence-electron chi connectivity index (χ4n) is 4.38. The molecule has 1 aliphatic heterocycles. The Hall–Kier alpha value is -3.82. The summed E-state index contributed by atoms with van der Waals surface area (Å²) in [7, 11) is 0. The van der Waals surface area contributed by atoms with Crippen molar-refractivity contribution in [3.63, 3.8) is 0 Å². The standard InChI is InChI=1S/C29H34N6O3/c1-20(29(37)32-27-17-26(33-34-27)23-8-9-23)21-4-6-22(7-5-21)24-10-11-25(30-18-24)19-31-28(36)3-2-12-35-13-15-38-16-14-35/h2-7,10-11,17-18,20,23H,8-9,12-16,19H2,1H3,(H,31,36)(H2,32,33,34,37)/b3-2+. The molecule has 1 unspecified atom stereocenters. The van der Waals surface area contributed by atoms with Crippen LogP contribution in [0.3, 0.4) is 0 Å². The highest BCUT2D eigenvalue weighted by Crippen LogP contribution is 2.39. The van der Waals surface area contributed by atoms with Crippen molar-refractivity contribution in [1.29, 1.82) is 0 Å². The van der Waals surface area contributed by atoms with E-state index in [1.165, 1.54) is 12.8 Å². The number of aromatic amines is 1. The van der Waals surface area contributed by atoms with E-state index in [2.05, 4.69) is 30.7 Å². The Bertz CT molecular complexity index is 1260. The van der Waals surface area contributed by atoms with Gasteiger partial charge in [0.15, 0.2) is 5.82 Å². The second kappa shape index (κ2) is 12.1. The molecule has 1 aromatic carbocycles. The zero-order chi connectivity index (χ0) is 26.3. The summed E-state index contributed by atoms with van der Waals surface area (Å²) in [6.07, 6.45) is 7.62. The van der Waals surface area contributed by atoms with Crippen LogP contribution in [0.1, 0.15) is 48.6 Å². The minimum absolute atomic E-state index is 0.0874. The first-order valence-corrected chi connectivity index (χ1v) is 13.2. The number of carbonyl (C=O) groups excluding carboxylic acids is 2. The molecule has 9 nitrogen and oxygen atoms in total. The number of hydrogen-bond acceptors (Lipinski definition) is 6. The van der Waals surface area contributed by atoms with E-state index < -0.39 is 0 Å². The molecule has 3 N–H and O–H groups in total. The zero-order valence-corrected chi connectivity index (χ0v) is 21.7. The third-order valence-corrected chi connectivity index (χ3v) is 7.01. The number of ether oxygens (including phenoxy) is 1. The molecule has 198 valence electrons. The van der Waals surface area contributed by atoms with E-state index in [1.807, 2.05) is 55.5 Å². The van der Waals surface area contributed by atoms with E-state index in [9.17, 15) is 9.59 Å². The molecular formula is C29H34N6O3. The highest BCUT2D eigenvalue weighted by atomic mass is 16.5. The molecule has 2 aliphatic rings. The number of pyridine rings is 1. The Morgan fingerprint density at radius 1 is 1.13 bits per heavy atom. The first-order valence-electron chi connectivity index (χ1n) is 13.2. The third-order valence-electron chi connectivity index (χ3n) is 7.01. The normalized spacial score (nSPS) is 16.9. The second-order valence-electron chi connectivity index (χ2n) is 9.89. The molecule has 3 aromatic rings. The van der Waals surface area contributed by atoms with Crippen molar-refractivity contribution in [2.24, 2.45) is 0 Å². The Morgan fingerprint density at radius 3 is 2.61 bits per heavy atom. The van der Waals surface area contributed by atoms with Crippen molar-refractivity contribution in [2.45, 2.75) is 38.1 Å². The lowest BCUT2D eigenvalue weighted by molar-refractivity contribution is -0.117. The molecule has 1 saturated heterocycles. The largest absolute Gasteiger partial charge is 0.379 e. The maximum absolute atomic E-state index is 12.7. The summed E-state index contributed by atoms with van der Waals surface area (Å²) in [5.41, 5.74) is 4.79. The summed E-state index contributed by atoms with van der Waals surface area (Å²) in [4.78, 5) is 31.6. The van der Waals surface area contributed by atoms with Crippen molar-refractivity contribution in [3.05, 3.63) is 77.8 Å². The molecule has 2 aromatic heterocycles. The van der Waals surface area contributed by atoms with Gasteiger partial charge in [-0.05, 0) is 37.0 Å². The van der Waals surface area contributed by atoms with Crippen LogP contribution >= 0.6 is 0 Å². The molecule has 3 heterocycles. The molecule has 1 aliphatic carbocycles. The molecular weight excluding hydrogens is 480 g/mol. The third kappa shape index (κ3) is 6.93. The van der Waals surface area contributed by atoms with Gasteiger partial charge in [-0.2, -0.15) is 5.10 Å². The molecule has 0 bridgehead atoms.